The van der Waals surface area contributed by atoms with Crippen molar-refractivity contribution in [2.45, 2.75) is 140 Å². The predicted molar refractivity (Wildman–Crippen MR) is 363 cm³/mol. The van der Waals surface area contributed by atoms with Crippen LogP contribution in [0.4, 0.5) is 35.1 Å². The van der Waals surface area contributed by atoms with E-state index in [2.05, 4.69) is 9.97 Å². The molecule has 0 saturated heterocycles. The van der Waals surface area contributed by atoms with E-state index in [9.17, 15) is 59.8 Å². The summed E-state index contributed by atoms with van der Waals surface area (Å²) in [6, 6.07) is 14.6. The molecule has 6 aromatic carbocycles. The average Bonchev–Trinajstić information content (AvgIpc) is 0.835. The Balaban J connectivity index is 0.000000265. The van der Waals surface area contributed by atoms with Gasteiger partial charge in [0.25, 0.3) is 11.1 Å². The topological polar surface area (TPSA) is 117 Å². The number of rotatable bonds is 26. The number of carbonyl (C=O) groups excluding carboxylic acids is 2. The molecule has 12 nitrogen and oxygen atoms in total. The van der Waals surface area contributed by atoms with Crippen LogP contribution in [0.3, 0.4) is 0 Å². The number of alkyl halides is 6. The first-order valence-electron chi connectivity index (χ1n) is 40.2. The number of fused-ring (bicyclic) bond motifs is 2. The lowest BCUT2D eigenvalue weighted by Crippen LogP contribution is -2.40. The summed E-state index contributed by atoms with van der Waals surface area (Å²) in [6.07, 6.45) is -6.83. The van der Waals surface area contributed by atoms with Gasteiger partial charge in [-0.05, 0) is 183 Å². The van der Waals surface area contributed by atoms with Crippen LogP contribution in [-0.2, 0) is 85.3 Å². The Bertz CT molecular complexity index is 5060. The summed E-state index contributed by atoms with van der Waals surface area (Å²) in [4.78, 5) is 65.8. The van der Waals surface area contributed by atoms with Crippen molar-refractivity contribution in [3.05, 3.63) is 233 Å². The van der Waals surface area contributed by atoms with Gasteiger partial charge in [0.1, 0.15) is 24.7 Å². The van der Waals surface area contributed by atoms with Gasteiger partial charge in [-0.25, -0.2) is 8.78 Å². The lowest BCUT2D eigenvalue weighted by molar-refractivity contribution is -0.138. The second-order valence-corrected chi connectivity index (χ2v) is 23.8. The Labute approximate surface area is 591 Å². The van der Waals surface area contributed by atoms with Crippen LogP contribution in [0.5, 0.6) is 0 Å². The quantitative estimate of drug-likeness (QED) is 0.0295. The number of likely N-dealkylation sites (N-methyl/N-ethyl adjacent to an activating group) is 2. The summed E-state index contributed by atoms with van der Waals surface area (Å²) in [7, 11) is 0. The van der Waals surface area contributed by atoms with Crippen LogP contribution < -0.4 is 11.1 Å². The van der Waals surface area contributed by atoms with Crippen molar-refractivity contribution >= 4 is 35.3 Å². The third kappa shape index (κ3) is 18.8. The number of hydrogen-bond donors (Lipinski definition) is 0. The summed E-state index contributed by atoms with van der Waals surface area (Å²) < 4.78 is 285. The molecule has 96 heavy (non-hydrogen) atoms. The van der Waals surface area contributed by atoms with Gasteiger partial charge in [0, 0.05) is 86.9 Å². The van der Waals surface area contributed by atoms with E-state index in [1.165, 1.54) is 59.4 Å². The molecule has 0 spiro atoms. The second-order valence-electron chi connectivity index (χ2n) is 22.0. The van der Waals surface area contributed by atoms with E-state index >= 15 is 0 Å². The molecule has 8 aromatic rings. The minimum Gasteiger partial charge on any atom is -0.336 e. The van der Waals surface area contributed by atoms with Gasteiger partial charge in [-0.2, -0.15) is 36.3 Å². The highest BCUT2D eigenvalue weighted by Gasteiger charge is 2.32. The minimum atomic E-state index is -4.68. The number of aromatic nitrogens is 4. The molecule has 508 valence electrons. The summed E-state index contributed by atoms with van der Waals surface area (Å²) >= 11 is 2.12. The van der Waals surface area contributed by atoms with Gasteiger partial charge >= 0.3 is 12.4 Å². The Hall–Kier alpha value is -7.92. The van der Waals surface area contributed by atoms with Crippen LogP contribution in [-0.4, -0.2) is 103 Å². The third-order valence-corrected chi connectivity index (χ3v) is 17.7. The molecule has 22 heteroatoms. The Morgan fingerprint density at radius 3 is 1.38 bits per heavy atom. The summed E-state index contributed by atoms with van der Waals surface area (Å²) in [6.45, 7) is -17.9. The van der Waals surface area contributed by atoms with Crippen molar-refractivity contribution in [2.75, 3.05) is 52.1 Å². The second kappa shape index (κ2) is 32.9. The molecule has 0 bridgehead atoms. The maximum Gasteiger partial charge on any atom is 0.416 e. The van der Waals surface area contributed by atoms with Gasteiger partial charge in [-0.3, -0.25) is 19.2 Å². The number of nitrogens with zero attached hydrogens (tertiary/aromatic N) is 8. The fraction of sp³-hybridized carbons (Fsp3) is 0.378. The molecule has 0 atom stereocenters. The van der Waals surface area contributed by atoms with Crippen molar-refractivity contribution in [1.82, 2.24) is 38.7 Å². The van der Waals surface area contributed by atoms with Gasteiger partial charge in [-0.15, -0.1) is 0 Å². The van der Waals surface area contributed by atoms with Gasteiger partial charge < -0.3 is 28.7 Å². The van der Waals surface area contributed by atoms with E-state index in [1.807, 2.05) is 0 Å². The highest BCUT2D eigenvalue weighted by Crippen LogP contribution is 2.35. The van der Waals surface area contributed by atoms with Crippen LogP contribution in [0.25, 0.3) is 22.3 Å². The molecule has 0 unspecified atom stereocenters. The molecule has 2 aromatic heterocycles. The molecule has 2 heterocycles. The molecular formula is C74H80F8N8O4S2. The van der Waals surface area contributed by atoms with Crippen LogP contribution in [0.15, 0.2) is 153 Å². The predicted octanol–water partition coefficient (Wildman–Crippen LogP) is 15.1. The normalized spacial score (nSPS) is 16.9. The number of carbonyl (C=O) groups is 2. The zero-order valence-corrected chi connectivity index (χ0v) is 54.6. The molecule has 10 rings (SSSR count). The molecule has 0 fully saturated rings. The van der Waals surface area contributed by atoms with Crippen LogP contribution in [0.1, 0.15) is 135 Å². The van der Waals surface area contributed by atoms with Gasteiger partial charge in [0.15, 0.2) is 10.3 Å². The lowest BCUT2D eigenvalue weighted by Gasteiger charge is -2.28. The fourth-order valence-corrected chi connectivity index (χ4v) is 12.4. The molecule has 2 aliphatic carbocycles. The fourth-order valence-electron chi connectivity index (χ4n) is 10.4. The zero-order chi connectivity index (χ0) is 86.6. The Morgan fingerprint density at radius 2 is 0.948 bits per heavy atom. The first-order valence-corrected chi connectivity index (χ1v) is 32.1. The van der Waals surface area contributed by atoms with Crippen molar-refractivity contribution in [2.24, 2.45) is 0 Å². The summed E-state index contributed by atoms with van der Waals surface area (Å²) in [5, 5.41) is 0.142. The lowest BCUT2D eigenvalue weighted by atomic mass is 9.98. The van der Waals surface area contributed by atoms with E-state index in [-0.39, 0.29) is 65.7 Å². The number of hydrogen-bond acceptors (Lipinski definition) is 10. The van der Waals surface area contributed by atoms with Crippen LogP contribution in [0, 0.1) is 25.5 Å². The molecule has 0 saturated carbocycles. The van der Waals surface area contributed by atoms with Crippen molar-refractivity contribution in [3.8, 4) is 22.3 Å². The van der Waals surface area contributed by atoms with E-state index in [0.717, 1.165) is 105 Å². The van der Waals surface area contributed by atoms with Crippen LogP contribution >= 0.6 is 23.5 Å². The Morgan fingerprint density at radius 1 is 0.531 bits per heavy atom. The summed E-state index contributed by atoms with van der Waals surface area (Å²) in [5.41, 5.74) is -1.74. The van der Waals surface area contributed by atoms with E-state index in [1.54, 1.807) is 12.1 Å². The zero-order valence-electron chi connectivity index (χ0n) is 73.0. The van der Waals surface area contributed by atoms with Gasteiger partial charge in [0.05, 0.1) is 24.8 Å². The van der Waals surface area contributed by atoms with Crippen molar-refractivity contribution in [1.29, 1.82) is 0 Å². The molecule has 0 N–H and O–H groups in total. The SMILES string of the molecule is [2H]c1c([2H])c(-c2ccc(C(F)(F)F)cc2)c([2H])c(C)c1CN(C(=O)Cn1c(SCc2ccc(F)cc2)nc(=O)c2c1CCC2)C([2H])([2H])C([2H])([2H])N(C([2H])([2H])C)C([2H])([2H])C.[2H]c1c([2H])c(C([2H])([2H])N(CCN(C([2H])([2H])C)C([2H])([2H])C)C(=O)Cn2c(SCc3ccc(F)cc3)nc(=O)c3c2CCC3)c(C)c([2H])c1-c1ccc(C(F)(F)F)cc1. The monoisotopic (exact) mass is 1380 g/mol. The Kier molecular flexibility index (Phi) is 17.0. The van der Waals surface area contributed by atoms with E-state index < -0.39 is 178 Å². The number of amides is 2. The van der Waals surface area contributed by atoms with E-state index in [0.29, 0.717) is 82.0 Å². The number of halogens is 8. The third-order valence-electron chi connectivity index (χ3n) is 15.7. The number of benzene rings is 6. The van der Waals surface area contributed by atoms with Crippen molar-refractivity contribution < 1.29 is 72.1 Å². The molecule has 0 radical (unpaired) electrons. The highest BCUT2D eigenvalue weighted by molar-refractivity contribution is 7.98. The first-order chi connectivity index (χ1) is 53.4. The van der Waals surface area contributed by atoms with Crippen LogP contribution in [0.2, 0.25) is 0 Å². The number of thioether (sulfide) groups is 2. The standard InChI is InChI=1S/2C37H40F4N4O2S/c2*1-4-43(5-2)19-20-44(22-29-12-11-28(21-25(29)3)27-13-15-30(16-14-27)37(39,40)41)34(46)23-45-33-8-6-7-32(33)35(47)42-36(45)48-24-26-9-17-31(38)18-10-26/h2*9-18,21H,4-8,19-20,22-24H2,1-3H3/i4D2,5D2,11D,12D,19D2,20D2,21D;4D2,5D2,11D,12D,21D,22D2. The maximum atomic E-state index is 14.8. The molecule has 2 amide bonds. The summed E-state index contributed by atoms with van der Waals surface area (Å²) in [5.74, 6) is -2.69. The highest BCUT2D eigenvalue weighted by atomic mass is 32.2. The molecular weight excluding hydrogens is 1280 g/mol. The van der Waals surface area contributed by atoms with Gasteiger partial charge in [0.2, 0.25) is 11.8 Å². The van der Waals surface area contributed by atoms with E-state index in [4.69, 9.17) is 21.9 Å². The minimum absolute atomic E-state index is 0.00545. The molecule has 2 aliphatic rings. The average molecular weight is 1380 g/mol. The molecule has 0 aliphatic heterocycles. The van der Waals surface area contributed by atoms with Crippen molar-refractivity contribution in [3.63, 3.8) is 0 Å². The van der Waals surface area contributed by atoms with Gasteiger partial charge in [-0.1, -0.05) is 136 Å². The largest absolute Gasteiger partial charge is 0.416 e. The maximum absolute atomic E-state index is 14.8. The smallest absolute Gasteiger partial charge is 0.336 e. The first kappa shape index (κ1) is 49.6.